The second-order valence-electron chi connectivity index (χ2n) is 5.22. The molecule has 0 spiro atoms. The van der Waals surface area contributed by atoms with Gasteiger partial charge in [-0.1, -0.05) is 35.9 Å². The van der Waals surface area contributed by atoms with Gasteiger partial charge in [-0.15, -0.1) is 11.8 Å². The van der Waals surface area contributed by atoms with Gasteiger partial charge in [-0.25, -0.2) is 0 Å². The number of thioether (sulfide) groups is 1. The molecule has 126 valence electrons. The highest BCUT2D eigenvalue weighted by Crippen LogP contribution is 2.22. The molecular formula is C18H18ClNO3S. The van der Waals surface area contributed by atoms with Crippen molar-refractivity contribution in [3.63, 3.8) is 0 Å². The van der Waals surface area contributed by atoms with Crippen molar-refractivity contribution < 1.29 is 14.3 Å². The van der Waals surface area contributed by atoms with Crippen LogP contribution in [-0.2, 0) is 14.3 Å². The van der Waals surface area contributed by atoms with E-state index in [1.807, 2.05) is 44.2 Å². The molecular weight excluding hydrogens is 346 g/mol. The van der Waals surface area contributed by atoms with Gasteiger partial charge in [0.25, 0.3) is 5.91 Å². The van der Waals surface area contributed by atoms with Crippen LogP contribution in [0, 0.1) is 13.8 Å². The molecule has 2 rings (SSSR count). The van der Waals surface area contributed by atoms with Crippen molar-refractivity contribution >= 4 is 40.9 Å². The van der Waals surface area contributed by atoms with Crippen LogP contribution in [0.25, 0.3) is 0 Å². The second-order valence-corrected chi connectivity index (χ2v) is 6.68. The quantitative estimate of drug-likeness (QED) is 0.616. The fraction of sp³-hybridized carbons (Fsp3) is 0.222. The number of aryl methyl sites for hydroxylation is 2. The van der Waals surface area contributed by atoms with Gasteiger partial charge in [0.15, 0.2) is 6.61 Å². The number of hydrogen-bond donors (Lipinski definition) is 1. The predicted molar refractivity (Wildman–Crippen MR) is 97.7 cm³/mol. The first kappa shape index (κ1) is 18.4. The summed E-state index contributed by atoms with van der Waals surface area (Å²) in [6.45, 7) is 3.52. The van der Waals surface area contributed by atoms with Crippen LogP contribution in [-0.4, -0.2) is 24.2 Å². The Bertz CT molecular complexity index is 749. The van der Waals surface area contributed by atoms with Crippen LogP contribution >= 0.6 is 23.4 Å². The number of rotatable bonds is 6. The van der Waals surface area contributed by atoms with Crippen LogP contribution in [0.1, 0.15) is 11.1 Å². The first-order chi connectivity index (χ1) is 11.5. The summed E-state index contributed by atoms with van der Waals surface area (Å²) < 4.78 is 5.00. The largest absolute Gasteiger partial charge is 0.455 e. The number of ether oxygens (including phenoxy) is 1. The number of nitrogens with one attached hydrogen (secondary N) is 1. The van der Waals surface area contributed by atoms with Gasteiger partial charge >= 0.3 is 5.97 Å². The minimum atomic E-state index is -0.429. The number of halogens is 1. The van der Waals surface area contributed by atoms with E-state index in [1.54, 1.807) is 12.1 Å². The SMILES string of the molecule is Cc1ccc(Cl)cc1NC(=O)COC(=O)CSc1ccccc1C. The summed E-state index contributed by atoms with van der Waals surface area (Å²) in [5.41, 5.74) is 2.59. The molecule has 0 aromatic heterocycles. The third-order valence-electron chi connectivity index (χ3n) is 3.28. The lowest BCUT2D eigenvalue weighted by Crippen LogP contribution is -2.22. The third kappa shape index (κ3) is 5.58. The molecule has 2 aromatic carbocycles. The maximum atomic E-state index is 11.9. The molecule has 1 N–H and O–H groups in total. The highest BCUT2D eigenvalue weighted by Gasteiger charge is 2.10. The van der Waals surface area contributed by atoms with Gasteiger partial charge in [-0.2, -0.15) is 0 Å². The van der Waals surface area contributed by atoms with Gasteiger partial charge in [0.05, 0.1) is 5.75 Å². The number of carbonyl (C=O) groups excluding carboxylic acids is 2. The molecule has 0 heterocycles. The maximum absolute atomic E-state index is 11.9. The van der Waals surface area contributed by atoms with Crippen molar-refractivity contribution in [2.45, 2.75) is 18.7 Å². The molecule has 6 heteroatoms. The van der Waals surface area contributed by atoms with Gasteiger partial charge in [-0.3, -0.25) is 9.59 Å². The Morgan fingerprint density at radius 2 is 1.88 bits per heavy atom. The molecule has 0 fully saturated rings. The number of anilines is 1. The van der Waals surface area contributed by atoms with Crippen molar-refractivity contribution in [3.05, 3.63) is 58.6 Å². The molecule has 0 aliphatic carbocycles. The number of carbonyl (C=O) groups is 2. The lowest BCUT2D eigenvalue weighted by molar-refractivity contribution is -0.144. The summed E-state index contributed by atoms with van der Waals surface area (Å²) in [6, 6.07) is 13.0. The highest BCUT2D eigenvalue weighted by atomic mass is 35.5. The average Bonchev–Trinajstić information content (AvgIpc) is 2.55. The molecule has 0 saturated heterocycles. The van der Waals surface area contributed by atoms with Crippen molar-refractivity contribution in [1.29, 1.82) is 0 Å². The third-order valence-corrected chi connectivity index (χ3v) is 4.66. The Morgan fingerprint density at radius 3 is 2.62 bits per heavy atom. The smallest absolute Gasteiger partial charge is 0.316 e. The van der Waals surface area contributed by atoms with E-state index in [-0.39, 0.29) is 12.4 Å². The van der Waals surface area contributed by atoms with E-state index in [2.05, 4.69) is 5.32 Å². The average molecular weight is 364 g/mol. The highest BCUT2D eigenvalue weighted by molar-refractivity contribution is 8.00. The molecule has 0 aliphatic rings. The van der Waals surface area contributed by atoms with Crippen molar-refractivity contribution in [2.24, 2.45) is 0 Å². The van der Waals surface area contributed by atoms with Crippen LogP contribution in [0.15, 0.2) is 47.4 Å². The summed E-state index contributed by atoms with van der Waals surface area (Å²) in [7, 11) is 0. The van der Waals surface area contributed by atoms with Crippen molar-refractivity contribution in [3.8, 4) is 0 Å². The second kappa shape index (κ2) is 8.76. The number of hydrogen-bond acceptors (Lipinski definition) is 4. The summed E-state index contributed by atoms with van der Waals surface area (Å²) in [4.78, 5) is 24.7. The Morgan fingerprint density at radius 1 is 1.12 bits per heavy atom. The molecule has 24 heavy (non-hydrogen) atoms. The van der Waals surface area contributed by atoms with Gasteiger partial charge in [-0.05, 0) is 43.2 Å². The van der Waals surface area contributed by atoms with E-state index in [1.165, 1.54) is 11.8 Å². The number of benzene rings is 2. The fourth-order valence-electron chi connectivity index (χ4n) is 1.96. The van der Waals surface area contributed by atoms with E-state index < -0.39 is 11.9 Å². The van der Waals surface area contributed by atoms with E-state index in [9.17, 15) is 9.59 Å². The van der Waals surface area contributed by atoms with Crippen LogP contribution in [0.2, 0.25) is 5.02 Å². The zero-order valence-corrected chi connectivity index (χ0v) is 15.0. The molecule has 4 nitrogen and oxygen atoms in total. The molecule has 0 atom stereocenters. The Balaban J connectivity index is 1.78. The normalized spacial score (nSPS) is 10.3. The van der Waals surface area contributed by atoms with Crippen LogP contribution < -0.4 is 5.32 Å². The summed E-state index contributed by atoms with van der Waals surface area (Å²) in [6.07, 6.45) is 0. The van der Waals surface area contributed by atoms with Gasteiger partial charge < -0.3 is 10.1 Å². The molecule has 0 unspecified atom stereocenters. The van der Waals surface area contributed by atoms with E-state index in [4.69, 9.17) is 16.3 Å². The molecule has 2 aromatic rings. The molecule has 1 amide bonds. The minimum absolute atomic E-state index is 0.161. The van der Waals surface area contributed by atoms with E-state index in [0.29, 0.717) is 10.7 Å². The monoisotopic (exact) mass is 363 g/mol. The van der Waals surface area contributed by atoms with Crippen LogP contribution in [0.3, 0.4) is 0 Å². The maximum Gasteiger partial charge on any atom is 0.316 e. The van der Waals surface area contributed by atoms with Gasteiger partial charge in [0, 0.05) is 15.6 Å². The first-order valence-electron chi connectivity index (χ1n) is 7.36. The summed E-state index contributed by atoms with van der Waals surface area (Å²) in [5.74, 6) is -0.662. The van der Waals surface area contributed by atoms with Crippen LogP contribution in [0.5, 0.6) is 0 Å². The Kier molecular flexibility index (Phi) is 6.70. The van der Waals surface area contributed by atoms with E-state index >= 15 is 0 Å². The van der Waals surface area contributed by atoms with Gasteiger partial charge in [0.2, 0.25) is 0 Å². The first-order valence-corrected chi connectivity index (χ1v) is 8.72. The molecule has 0 bridgehead atoms. The van der Waals surface area contributed by atoms with Gasteiger partial charge in [0.1, 0.15) is 0 Å². The Labute approximate surface area is 150 Å². The fourth-order valence-corrected chi connectivity index (χ4v) is 2.96. The summed E-state index contributed by atoms with van der Waals surface area (Å²) in [5, 5.41) is 3.21. The predicted octanol–water partition coefficient (Wildman–Crippen LogP) is 4.23. The topological polar surface area (TPSA) is 55.4 Å². The van der Waals surface area contributed by atoms with E-state index in [0.717, 1.165) is 16.0 Å². The van der Waals surface area contributed by atoms with Crippen LogP contribution in [0.4, 0.5) is 5.69 Å². The molecule has 0 radical (unpaired) electrons. The molecule has 0 aliphatic heterocycles. The van der Waals surface area contributed by atoms with Crippen molar-refractivity contribution in [1.82, 2.24) is 0 Å². The zero-order valence-electron chi connectivity index (χ0n) is 13.5. The lowest BCUT2D eigenvalue weighted by Gasteiger charge is -2.09. The standard InChI is InChI=1S/C18H18ClNO3S/c1-12-7-8-14(19)9-15(12)20-17(21)10-23-18(22)11-24-16-6-4-3-5-13(16)2/h3-9H,10-11H2,1-2H3,(H,20,21). The summed E-state index contributed by atoms with van der Waals surface area (Å²) >= 11 is 7.29. The number of esters is 1. The Hall–Kier alpha value is -1.98. The van der Waals surface area contributed by atoms with Crippen molar-refractivity contribution in [2.75, 3.05) is 17.7 Å². The number of amides is 1. The zero-order chi connectivity index (χ0) is 17.5. The molecule has 0 saturated carbocycles. The lowest BCUT2D eigenvalue weighted by atomic mass is 10.2. The minimum Gasteiger partial charge on any atom is -0.455 e.